The minimum absolute atomic E-state index is 0.287. The van der Waals surface area contributed by atoms with Gasteiger partial charge < -0.3 is 15.8 Å². The Balaban J connectivity index is 2.35. The molecule has 0 spiro atoms. The van der Waals surface area contributed by atoms with Crippen LogP contribution < -0.4 is 11.1 Å². The van der Waals surface area contributed by atoms with Crippen molar-refractivity contribution < 1.29 is 13.5 Å². The van der Waals surface area contributed by atoms with E-state index in [9.17, 15) is 8.78 Å². The third kappa shape index (κ3) is 5.09. The minimum Gasteiger partial charge on any atom is -0.383 e. The first kappa shape index (κ1) is 14.4. The molecule has 0 fully saturated rings. The number of aliphatic imine (C=N–C) groups is 1. The molecule has 0 heterocycles. The van der Waals surface area contributed by atoms with Gasteiger partial charge in [-0.15, -0.1) is 0 Å². The molecule has 1 aromatic rings. The highest BCUT2D eigenvalue weighted by Gasteiger charge is 2.03. The quantitative estimate of drug-likeness (QED) is 0.455. The zero-order valence-electron chi connectivity index (χ0n) is 10.2. The molecular formula is C12H17F2N3O. The maximum absolute atomic E-state index is 13.3. The molecule has 0 radical (unpaired) electrons. The lowest BCUT2D eigenvalue weighted by Crippen LogP contribution is -2.33. The van der Waals surface area contributed by atoms with Crippen LogP contribution in [0.3, 0.4) is 0 Å². The van der Waals surface area contributed by atoms with Gasteiger partial charge in [-0.05, 0) is 18.1 Å². The fraction of sp³-hybridized carbons (Fsp3) is 0.417. The average Bonchev–Trinajstić information content (AvgIpc) is 2.32. The number of methoxy groups -OCH3 is 1. The number of hydrogen-bond acceptors (Lipinski definition) is 2. The van der Waals surface area contributed by atoms with Crippen molar-refractivity contribution in [1.82, 2.24) is 5.32 Å². The van der Waals surface area contributed by atoms with Gasteiger partial charge in [0.25, 0.3) is 0 Å². The van der Waals surface area contributed by atoms with Gasteiger partial charge in [-0.2, -0.15) is 0 Å². The molecule has 0 saturated heterocycles. The molecule has 0 aliphatic carbocycles. The van der Waals surface area contributed by atoms with Crippen LogP contribution in [0.2, 0.25) is 0 Å². The molecule has 18 heavy (non-hydrogen) atoms. The molecule has 1 rings (SSSR count). The lowest BCUT2D eigenvalue weighted by Gasteiger charge is -2.06. The topological polar surface area (TPSA) is 59.6 Å². The lowest BCUT2D eigenvalue weighted by molar-refractivity contribution is 0.208. The van der Waals surface area contributed by atoms with E-state index in [4.69, 9.17) is 10.5 Å². The third-order valence-electron chi connectivity index (χ3n) is 2.29. The third-order valence-corrected chi connectivity index (χ3v) is 2.29. The van der Waals surface area contributed by atoms with E-state index in [2.05, 4.69) is 10.3 Å². The highest BCUT2D eigenvalue weighted by atomic mass is 19.1. The van der Waals surface area contributed by atoms with Crippen molar-refractivity contribution >= 4 is 5.96 Å². The van der Waals surface area contributed by atoms with Crippen molar-refractivity contribution in [2.24, 2.45) is 10.7 Å². The van der Waals surface area contributed by atoms with E-state index < -0.39 is 11.6 Å². The molecule has 3 N–H and O–H groups in total. The van der Waals surface area contributed by atoms with Crippen LogP contribution in [0.4, 0.5) is 8.78 Å². The Labute approximate surface area is 105 Å². The highest BCUT2D eigenvalue weighted by Crippen LogP contribution is 2.09. The molecule has 0 atom stereocenters. The van der Waals surface area contributed by atoms with E-state index >= 15 is 0 Å². The van der Waals surface area contributed by atoms with Crippen molar-refractivity contribution in [2.45, 2.75) is 6.42 Å². The number of nitrogens with one attached hydrogen (secondary N) is 1. The zero-order valence-corrected chi connectivity index (χ0v) is 10.2. The van der Waals surface area contributed by atoms with Gasteiger partial charge in [-0.25, -0.2) is 8.78 Å². The molecule has 0 aliphatic heterocycles. The molecule has 0 amide bonds. The van der Waals surface area contributed by atoms with E-state index in [1.54, 1.807) is 7.11 Å². The van der Waals surface area contributed by atoms with Crippen LogP contribution in [0.1, 0.15) is 5.56 Å². The molecule has 6 heteroatoms. The maximum atomic E-state index is 13.3. The van der Waals surface area contributed by atoms with Gasteiger partial charge in [0.05, 0.1) is 13.2 Å². The normalized spacial score (nSPS) is 11.6. The Morgan fingerprint density at radius 2 is 2.22 bits per heavy atom. The molecule has 0 unspecified atom stereocenters. The second-order valence-electron chi connectivity index (χ2n) is 3.67. The largest absolute Gasteiger partial charge is 0.383 e. The van der Waals surface area contributed by atoms with Crippen molar-refractivity contribution in [3.05, 3.63) is 35.4 Å². The highest BCUT2D eigenvalue weighted by molar-refractivity contribution is 5.77. The summed E-state index contributed by atoms with van der Waals surface area (Å²) < 4.78 is 30.8. The van der Waals surface area contributed by atoms with Gasteiger partial charge in [0.15, 0.2) is 5.96 Å². The van der Waals surface area contributed by atoms with Gasteiger partial charge in [-0.1, -0.05) is 6.07 Å². The fourth-order valence-electron chi connectivity index (χ4n) is 1.36. The van der Waals surface area contributed by atoms with Gasteiger partial charge in [0.2, 0.25) is 0 Å². The standard InChI is InChI=1S/C12H17F2N3O/c1-18-7-6-17-12(15)16-5-4-9-2-3-10(13)8-11(9)14/h2-3,8H,4-7H2,1H3,(H3,15,16,17). The van der Waals surface area contributed by atoms with Crippen LogP contribution >= 0.6 is 0 Å². The van der Waals surface area contributed by atoms with Gasteiger partial charge in [-0.3, -0.25) is 4.99 Å². The van der Waals surface area contributed by atoms with Crippen LogP contribution in [0, 0.1) is 11.6 Å². The summed E-state index contributed by atoms with van der Waals surface area (Å²) in [4.78, 5) is 3.99. The Bertz CT molecular complexity index is 410. The van der Waals surface area contributed by atoms with E-state index in [1.165, 1.54) is 12.1 Å². The molecular weight excluding hydrogens is 240 g/mol. The van der Waals surface area contributed by atoms with Crippen molar-refractivity contribution in [2.75, 3.05) is 26.8 Å². The number of nitrogens with zero attached hydrogens (tertiary/aromatic N) is 1. The minimum atomic E-state index is -0.579. The number of guanidine groups is 1. The smallest absolute Gasteiger partial charge is 0.188 e. The van der Waals surface area contributed by atoms with E-state index in [0.29, 0.717) is 31.7 Å². The first-order valence-corrected chi connectivity index (χ1v) is 5.60. The number of benzene rings is 1. The summed E-state index contributed by atoms with van der Waals surface area (Å²) in [5.74, 6) is -0.842. The fourth-order valence-corrected chi connectivity index (χ4v) is 1.36. The summed E-state index contributed by atoms with van der Waals surface area (Å²) in [6, 6.07) is 3.52. The summed E-state index contributed by atoms with van der Waals surface area (Å²) in [6.45, 7) is 1.40. The number of rotatable bonds is 6. The Morgan fingerprint density at radius 1 is 1.44 bits per heavy atom. The van der Waals surface area contributed by atoms with E-state index in [0.717, 1.165) is 6.07 Å². The molecule has 0 aliphatic rings. The Morgan fingerprint density at radius 3 is 2.89 bits per heavy atom. The van der Waals surface area contributed by atoms with Crippen LogP contribution in [0.15, 0.2) is 23.2 Å². The number of halogens is 2. The predicted octanol–water partition coefficient (Wildman–Crippen LogP) is 1.06. The predicted molar refractivity (Wildman–Crippen MR) is 66.4 cm³/mol. The Kier molecular flexibility index (Phi) is 6.07. The van der Waals surface area contributed by atoms with Crippen LogP contribution in [-0.4, -0.2) is 32.8 Å². The number of ether oxygens (including phenoxy) is 1. The molecule has 0 aromatic heterocycles. The average molecular weight is 257 g/mol. The summed E-state index contributed by atoms with van der Waals surface area (Å²) in [5.41, 5.74) is 6.01. The van der Waals surface area contributed by atoms with Crippen LogP contribution in [0.25, 0.3) is 0 Å². The SMILES string of the molecule is COCCN=C(N)NCCc1ccc(F)cc1F. The Hall–Kier alpha value is -1.69. The molecule has 0 bridgehead atoms. The molecule has 1 aromatic carbocycles. The summed E-state index contributed by atoms with van der Waals surface area (Å²) >= 11 is 0. The number of hydrogen-bond donors (Lipinski definition) is 2. The molecule has 100 valence electrons. The second-order valence-corrected chi connectivity index (χ2v) is 3.67. The monoisotopic (exact) mass is 257 g/mol. The molecule has 0 saturated carbocycles. The van der Waals surface area contributed by atoms with Crippen molar-refractivity contribution in [1.29, 1.82) is 0 Å². The zero-order chi connectivity index (χ0) is 13.4. The van der Waals surface area contributed by atoms with E-state index in [-0.39, 0.29) is 5.96 Å². The first-order valence-electron chi connectivity index (χ1n) is 5.60. The number of nitrogens with two attached hydrogens (primary N) is 1. The van der Waals surface area contributed by atoms with Crippen molar-refractivity contribution in [3.63, 3.8) is 0 Å². The summed E-state index contributed by atoms with van der Waals surface area (Å²) in [7, 11) is 1.58. The van der Waals surface area contributed by atoms with Crippen molar-refractivity contribution in [3.8, 4) is 0 Å². The molecule has 4 nitrogen and oxygen atoms in total. The summed E-state index contributed by atoms with van der Waals surface area (Å²) in [6.07, 6.45) is 0.409. The lowest BCUT2D eigenvalue weighted by atomic mass is 10.1. The van der Waals surface area contributed by atoms with Gasteiger partial charge in [0.1, 0.15) is 11.6 Å². The second kappa shape index (κ2) is 7.60. The van der Waals surface area contributed by atoms with Gasteiger partial charge in [0, 0.05) is 19.7 Å². The first-order chi connectivity index (χ1) is 8.63. The van der Waals surface area contributed by atoms with Gasteiger partial charge >= 0.3 is 0 Å². The maximum Gasteiger partial charge on any atom is 0.188 e. The van der Waals surface area contributed by atoms with E-state index in [1.807, 2.05) is 0 Å². The van der Waals surface area contributed by atoms with Crippen LogP contribution in [-0.2, 0) is 11.2 Å². The van der Waals surface area contributed by atoms with Crippen LogP contribution in [0.5, 0.6) is 0 Å². The summed E-state index contributed by atoms with van der Waals surface area (Å²) in [5, 5.41) is 2.84.